The molecular formula is C11H21N3O2. The van der Waals surface area contributed by atoms with Gasteiger partial charge >= 0.3 is 0 Å². The highest BCUT2D eigenvalue weighted by molar-refractivity contribution is 5.91. The van der Waals surface area contributed by atoms with E-state index in [1.807, 2.05) is 13.8 Å². The third-order valence-electron chi connectivity index (χ3n) is 3.47. The number of amides is 2. The predicted molar refractivity (Wildman–Crippen MR) is 61.6 cm³/mol. The molecule has 0 aliphatic carbocycles. The van der Waals surface area contributed by atoms with Crippen molar-refractivity contribution in [1.82, 2.24) is 10.6 Å². The molecule has 1 unspecified atom stereocenters. The van der Waals surface area contributed by atoms with Crippen LogP contribution in [0.25, 0.3) is 0 Å². The van der Waals surface area contributed by atoms with Crippen molar-refractivity contribution in [2.24, 2.45) is 11.7 Å². The second-order valence-corrected chi connectivity index (χ2v) is 4.33. The summed E-state index contributed by atoms with van der Waals surface area (Å²) in [5, 5.41) is 5.95. The highest BCUT2D eigenvalue weighted by Gasteiger charge is 2.36. The van der Waals surface area contributed by atoms with E-state index in [2.05, 4.69) is 10.6 Å². The molecule has 0 aromatic carbocycles. The van der Waals surface area contributed by atoms with Gasteiger partial charge in [-0.2, -0.15) is 0 Å². The van der Waals surface area contributed by atoms with Gasteiger partial charge in [0.05, 0.1) is 5.92 Å². The Labute approximate surface area is 96.1 Å². The summed E-state index contributed by atoms with van der Waals surface area (Å²) in [5.41, 5.74) is 4.50. The van der Waals surface area contributed by atoms with Gasteiger partial charge in [-0.1, -0.05) is 13.8 Å². The maximum absolute atomic E-state index is 11.9. The van der Waals surface area contributed by atoms with Crippen molar-refractivity contribution in [3.8, 4) is 0 Å². The van der Waals surface area contributed by atoms with Gasteiger partial charge in [-0.15, -0.1) is 0 Å². The van der Waals surface area contributed by atoms with Crippen LogP contribution in [0.5, 0.6) is 0 Å². The van der Waals surface area contributed by atoms with Crippen molar-refractivity contribution >= 4 is 11.8 Å². The molecule has 0 aromatic rings. The maximum atomic E-state index is 11.9. The maximum Gasteiger partial charge on any atom is 0.243 e. The Morgan fingerprint density at radius 2 is 2.06 bits per heavy atom. The van der Waals surface area contributed by atoms with Gasteiger partial charge in [0, 0.05) is 6.54 Å². The van der Waals surface area contributed by atoms with Crippen LogP contribution in [0.4, 0.5) is 0 Å². The average Bonchev–Trinajstić information content (AvgIpc) is 2.78. The molecule has 92 valence electrons. The number of nitrogens with two attached hydrogens (primary N) is 1. The van der Waals surface area contributed by atoms with Crippen molar-refractivity contribution < 1.29 is 9.59 Å². The topological polar surface area (TPSA) is 84.2 Å². The third kappa shape index (κ3) is 2.52. The summed E-state index contributed by atoms with van der Waals surface area (Å²) >= 11 is 0. The summed E-state index contributed by atoms with van der Waals surface area (Å²) in [5.74, 6) is -0.541. The summed E-state index contributed by atoms with van der Waals surface area (Å²) < 4.78 is 0. The summed E-state index contributed by atoms with van der Waals surface area (Å²) in [7, 11) is 0. The van der Waals surface area contributed by atoms with Crippen LogP contribution in [-0.4, -0.2) is 30.4 Å². The number of nitrogens with one attached hydrogen (secondary N) is 2. The van der Waals surface area contributed by atoms with Crippen LogP contribution in [0, 0.1) is 5.92 Å². The Bertz CT molecular complexity index is 268. The molecule has 5 heteroatoms. The van der Waals surface area contributed by atoms with Crippen LogP contribution >= 0.6 is 0 Å². The zero-order valence-electron chi connectivity index (χ0n) is 10.0. The van der Waals surface area contributed by atoms with Crippen LogP contribution in [0.2, 0.25) is 0 Å². The molecule has 16 heavy (non-hydrogen) atoms. The monoisotopic (exact) mass is 227 g/mol. The van der Waals surface area contributed by atoms with Gasteiger partial charge in [0.2, 0.25) is 11.8 Å². The largest absolute Gasteiger partial charge is 0.368 e. The minimum atomic E-state index is -0.875. The highest BCUT2D eigenvalue weighted by Crippen LogP contribution is 2.17. The van der Waals surface area contributed by atoms with E-state index >= 15 is 0 Å². The van der Waals surface area contributed by atoms with Crippen molar-refractivity contribution in [3.05, 3.63) is 0 Å². The molecule has 1 atom stereocenters. The second kappa shape index (κ2) is 5.30. The summed E-state index contributed by atoms with van der Waals surface area (Å²) in [6.45, 7) is 5.27. The molecule has 1 saturated heterocycles. The zero-order chi connectivity index (χ0) is 12.2. The van der Waals surface area contributed by atoms with Gasteiger partial charge in [0.1, 0.15) is 5.54 Å². The van der Waals surface area contributed by atoms with Gasteiger partial charge in [-0.3, -0.25) is 9.59 Å². The lowest BCUT2D eigenvalue weighted by atomic mass is 9.91. The van der Waals surface area contributed by atoms with Gasteiger partial charge in [0.25, 0.3) is 0 Å². The van der Waals surface area contributed by atoms with Crippen molar-refractivity contribution in [3.63, 3.8) is 0 Å². The molecule has 4 N–H and O–H groups in total. The fourth-order valence-electron chi connectivity index (χ4n) is 2.05. The molecular weight excluding hydrogens is 206 g/mol. The number of primary amides is 1. The van der Waals surface area contributed by atoms with Gasteiger partial charge in [0.15, 0.2) is 0 Å². The summed E-state index contributed by atoms with van der Waals surface area (Å²) in [6, 6.07) is 0. The molecule has 0 aromatic heterocycles. The van der Waals surface area contributed by atoms with Crippen LogP contribution in [0.15, 0.2) is 0 Å². The molecule has 1 aliphatic heterocycles. The molecule has 0 radical (unpaired) electrons. The number of rotatable bonds is 5. The Hall–Kier alpha value is -1.10. The normalized spacial score (nSPS) is 20.8. The smallest absolute Gasteiger partial charge is 0.243 e. The Morgan fingerprint density at radius 3 is 2.44 bits per heavy atom. The molecule has 1 fully saturated rings. The first-order valence-corrected chi connectivity index (χ1v) is 5.88. The van der Waals surface area contributed by atoms with E-state index in [-0.39, 0.29) is 11.8 Å². The summed E-state index contributed by atoms with van der Waals surface area (Å²) in [4.78, 5) is 23.4. The molecule has 0 bridgehead atoms. The lowest BCUT2D eigenvalue weighted by Crippen LogP contribution is -2.58. The molecule has 0 saturated carbocycles. The van der Waals surface area contributed by atoms with Crippen LogP contribution in [0.1, 0.15) is 33.1 Å². The van der Waals surface area contributed by atoms with E-state index in [4.69, 9.17) is 5.73 Å². The van der Waals surface area contributed by atoms with Crippen LogP contribution in [-0.2, 0) is 9.59 Å². The number of carbonyl (C=O) groups is 2. The Kier molecular flexibility index (Phi) is 4.29. The zero-order valence-corrected chi connectivity index (χ0v) is 10.0. The third-order valence-corrected chi connectivity index (χ3v) is 3.47. The van der Waals surface area contributed by atoms with E-state index in [1.165, 1.54) is 0 Å². The molecule has 0 spiro atoms. The van der Waals surface area contributed by atoms with E-state index < -0.39 is 11.4 Å². The first-order chi connectivity index (χ1) is 7.55. The van der Waals surface area contributed by atoms with Gasteiger partial charge < -0.3 is 16.4 Å². The molecule has 1 heterocycles. The molecule has 2 amide bonds. The number of hydrogen-bond donors (Lipinski definition) is 3. The first-order valence-electron chi connectivity index (χ1n) is 5.88. The van der Waals surface area contributed by atoms with Crippen molar-refractivity contribution in [1.29, 1.82) is 0 Å². The quantitative estimate of drug-likeness (QED) is 0.606. The minimum absolute atomic E-state index is 0.0307. The van der Waals surface area contributed by atoms with Crippen molar-refractivity contribution in [2.45, 2.75) is 38.6 Å². The lowest BCUT2D eigenvalue weighted by Gasteiger charge is -2.30. The molecule has 1 aliphatic rings. The molecule has 1 rings (SSSR count). The number of carbonyl (C=O) groups excluding carboxylic acids is 2. The second-order valence-electron chi connectivity index (χ2n) is 4.33. The fraction of sp³-hybridized carbons (Fsp3) is 0.818. The highest BCUT2D eigenvalue weighted by atomic mass is 16.2. The van der Waals surface area contributed by atoms with Crippen LogP contribution in [0.3, 0.4) is 0 Å². The van der Waals surface area contributed by atoms with Crippen molar-refractivity contribution in [2.75, 3.05) is 13.1 Å². The number of hydrogen-bond acceptors (Lipinski definition) is 3. The van der Waals surface area contributed by atoms with E-state index in [1.54, 1.807) is 0 Å². The predicted octanol–water partition coefficient (Wildman–Crippen LogP) is -0.244. The minimum Gasteiger partial charge on any atom is -0.368 e. The average molecular weight is 227 g/mol. The van der Waals surface area contributed by atoms with Gasteiger partial charge in [-0.25, -0.2) is 0 Å². The fourth-order valence-corrected chi connectivity index (χ4v) is 2.05. The Morgan fingerprint density at radius 1 is 1.44 bits per heavy atom. The standard InChI is InChI=1S/C11H21N3O2/c1-3-11(4-2,10(12)16)14-9(15)8-5-6-13-7-8/h8,13H,3-7H2,1-2H3,(H2,12,16)(H,14,15). The van der Waals surface area contributed by atoms with E-state index in [0.29, 0.717) is 19.4 Å². The SMILES string of the molecule is CCC(CC)(NC(=O)C1CCNC1)C(N)=O. The molecule has 5 nitrogen and oxygen atoms in total. The van der Waals surface area contributed by atoms with E-state index in [9.17, 15) is 9.59 Å². The lowest BCUT2D eigenvalue weighted by molar-refractivity contribution is -0.133. The van der Waals surface area contributed by atoms with E-state index in [0.717, 1.165) is 13.0 Å². The Balaban J connectivity index is 2.67. The summed E-state index contributed by atoms with van der Waals surface area (Å²) in [6.07, 6.45) is 1.89. The first kappa shape index (κ1) is 13.0. The van der Waals surface area contributed by atoms with Crippen LogP contribution < -0.4 is 16.4 Å². The van der Waals surface area contributed by atoms with Gasteiger partial charge in [-0.05, 0) is 25.8 Å².